The molecule has 3 aromatic rings. The molecule has 0 unspecified atom stereocenters. The Labute approximate surface area is 175 Å². The Morgan fingerprint density at radius 2 is 1.86 bits per heavy atom. The first kappa shape index (κ1) is 19.4. The van der Waals surface area contributed by atoms with Crippen LogP contribution < -0.4 is 14.9 Å². The number of thiocarbonyl (C=S) groups is 1. The minimum atomic E-state index is -3.33. The highest BCUT2D eigenvalue weighted by molar-refractivity contribution is 7.92. The van der Waals surface area contributed by atoms with Gasteiger partial charge in [0.15, 0.2) is 5.11 Å². The van der Waals surface area contributed by atoms with E-state index in [-0.39, 0.29) is 12.1 Å². The van der Waals surface area contributed by atoms with Gasteiger partial charge in [-0.25, -0.2) is 8.42 Å². The second-order valence-electron chi connectivity index (χ2n) is 6.96. The van der Waals surface area contributed by atoms with E-state index in [0.717, 1.165) is 23.3 Å². The van der Waals surface area contributed by atoms with Crippen LogP contribution in [0.25, 0.3) is 0 Å². The van der Waals surface area contributed by atoms with E-state index in [9.17, 15) is 8.42 Å². The van der Waals surface area contributed by atoms with Gasteiger partial charge in [-0.3, -0.25) is 9.71 Å². The molecule has 2 atom stereocenters. The number of hydrogen-bond donors (Lipinski definition) is 2. The van der Waals surface area contributed by atoms with Gasteiger partial charge in [-0.2, -0.15) is 0 Å². The Kier molecular flexibility index (Phi) is 5.01. The SMILES string of the molecule is Cn1cccc1[C@H]1[C@H](c2ccccn2)NC(=S)N1c1ccc(NS(C)(=O)=O)cc1. The quantitative estimate of drug-likeness (QED) is 0.610. The topological polar surface area (TPSA) is 79.3 Å². The minimum absolute atomic E-state index is 0.105. The fraction of sp³-hybridized carbons (Fsp3) is 0.200. The highest BCUT2D eigenvalue weighted by Crippen LogP contribution is 2.41. The largest absolute Gasteiger partial charge is 0.353 e. The second-order valence-corrected chi connectivity index (χ2v) is 9.10. The lowest BCUT2D eigenvalue weighted by molar-refractivity contribution is 0.541. The lowest BCUT2D eigenvalue weighted by Gasteiger charge is -2.28. The highest BCUT2D eigenvalue weighted by Gasteiger charge is 2.41. The summed E-state index contributed by atoms with van der Waals surface area (Å²) in [6.07, 6.45) is 4.91. The molecule has 0 bridgehead atoms. The van der Waals surface area contributed by atoms with Crippen molar-refractivity contribution in [3.05, 3.63) is 78.4 Å². The maximum Gasteiger partial charge on any atom is 0.229 e. The van der Waals surface area contributed by atoms with Gasteiger partial charge >= 0.3 is 0 Å². The van der Waals surface area contributed by atoms with Crippen LogP contribution in [0, 0.1) is 0 Å². The van der Waals surface area contributed by atoms with Gasteiger partial charge in [-0.1, -0.05) is 6.07 Å². The van der Waals surface area contributed by atoms with E-state index in [0.29, 0.717) is 10.8 Å². The summed E-state index contributed by atoms with van der Waals surface area (Å²) < 4.78 is 27.5. The summed E-state index contributed by atoms with van der Waals surface area (Å²) in [5, 5.41) is 4.00. The summed E-state index contributed by atoms with van der Waals surface area (Å²) in [6, 6.07) is 16.9. The van der Waals surface area contributed by atoms with E-state index >= 15 is 0 Å². The third-order valence-electron chi connectivity index (χ3n) is 4.83. The number of pyridine rings is 1. The fourth-order valence-electron chi connectivity index (χ4n) is 3.62. The lowest BCUT2D eigenvalue weighted by Crippen LogP contribution is -2.30. The van der Waals surface area contributed by atoms with Gasteiger partial charge in [0.2, 0.25) is 10.0 Å². The van der Waals surface area contributed by atoms with Gasteiger partial charge in [0.05, 0.1) is 18.0 Å². The van der Waals surface area contributed by atoms with Crippen molar-refractivity contribution in [1.82, 2.24) is 14.9 Å². The second kappa shape index (κ2) is 7.49. The van der Waals surface area contributed by atoms with Gasteiger partial charge in [0, 0.05) is 36.5 Å². The number of anilines is 2. The molecule has 0 radical (unpaired) electrons. The van der Waals surface area contributed by atoms with Gasteiger partial charge in [-0.05, 0) is 60.7 Å². The van der Waals surface area contributed by atoms with E-state index < -0.39 is 10.0 Å². The third kappa shape index (κ3) is 3.96. The van der Waals surface area contributed by atoms with Crippen LogP contribution >= 0.6 is 12.2 Å². The lowest BCUT2D eigenvalue weighted by atomic mass is 10.0. The molecular formula is C20H21N5O2S2. The highest BCUT2D eigenvalue weighted by atomic mass is 32.2. The summed E-state index contributed by atoms with van der Waals surface area (Å²) in [6.45, 7) is 0. The zero-order chi connectivity index (χ0) is 20.6. The van der Waals surface area contributed by atoms with Crippen molar-refractivity contribution >= 4 is 38.7 Å². The number of nitrogens with zero attached hydrogens (tertiary/aromatic N) is 3. The van der Waals surface area contributed by atoms with Gasteiger partial charge in [0.1, 0.15) is 6.04 Å². The van der Waals surface area contributed by atoms with Crippen molar-refractivity contribution in [2.45, 2.75) is 12.1 Å². The summed E-state index contributed by atoms with van der Waals surface area (Å²) in [5.41, 5.74) is 3.36. The standard InChI is InChI=1S/C20H21N5O2S2/c1-24-13-5-7-17(24)19-18(16-6-3-4-12-21-16)22-20(28)25(19)15-10-8-14(9-11-15)23-29(2,26)27/h3-13,18-19,23H,1-2H3,(H,22,28)/t18-,19-/m0/s1. The Bertz CT molecular complexity index is 1130. The van der Waals surface area contributed by atoms with Gasteiger partial charge in [0.25, 0.3) is 0 Å². The van der Waals surface area contributed by atoms with Crippen LogP contribution in [-0.4, -0.2) is 29.3 Å². The van der Waals surface area contributed by atoms with Gasteiger partial charge in [-0.15, -0.1) is 0 Å². The van der Waals surface area contributed by atoms with E-state index in [1.807, 2.05) is 54.5 Å². The molecule has 4 rings (SSSR count). The van der Waals surface area contributed by atoms with E-state index in [1.165, 1.54) is 0 Å². The molecule has 9 heteroatoms. The molecule has 0 spiro atoms. The van der Waals surface area contributed by atoms with Crippen molar-refractivity contribution in [2.24, 2.45) is 7.05 Å². The molecule has 0 saturated carbocycles. The number of sulfonamides is 1. The number of benzene rings is 1. The maximum absolute atomic E-state index is 11.5. The molecule has 150 valence electrons. The first-order chi connectivity index (χ1) is 13.8. The Hall–Kier alpha value is -2.91. The normalized spacial score (nSPS) is 19.2. The first-order valence-corrected chi connectivity index (χ1v) is 11.3. The number of rotatable bonds is 5. The molecular weight excluding hydrogens is 406 g/mol. The summed E-state index contributed by atoms with van der Waals surface area (Å²) in [4.78, 5) is 6.58. The average molecular weight is 428 g/mol. The third-order valence-corrected chi connectivity index (χ3v) is 5.75. The number of aromatic nitrogens is 2. The van der Waals surface area contributed by atoms with Crippen LogP contribution in [0.15, 0.2) is 67.0 Å². The van der Waals surface area contributed by atoms with Crippen molar-refractivity contribution in [1.29, 1.82) is 0 Å². The van der Waals surface area contributed by atoms with Crippen LogP contribution in [0.2, 0.25) is 0 Å². The number of aryl methyl sites for hydroxylation is 1. The van der Waals surface area contributed by atoms with Crippen LogP contribution in [0.4, 0.5) is 11.4 Å². The molecule has 1 aliphatic heterocycles. The van der Waals surface area contributed by atoms with Crippen LogP contribution in [-0.2, 0) is 17.1 Å². The van der Waals surface area contributed by atoms with Crippen molar-refractivity contribution in [3.8, 4) is 0 Å². The van der Waals surface area contributed by atoms with Crippen LogP contribution in [0.3, 0.4) is 0 Å². The Morgan fingerprint density at radius 1 is 1.10 bits per heavy atom. The monoisotopic (exact) mass is 427 g/mol. The summed E-state index contributed by atoms with van der Waals surface area (Å²) in [7, 11) is -1.33. The van der Waals surface area contributed by atoms with E-state index in [1.54, 1.807) is 18.3 Å². The Balaban J connectivity index is 1.75. The van der Waals surface area contributed by atoms with Crippen molar-refractivity contribution in [2.75, 3.05) is 15.9 Å². The molecule has 2 N–H and O–H groups in total. The maximum atomic E-state index is 11.5. The zero-order valence-electron chi connectivity index (χ0n) is 16.0. The number of nitrogens with one attached hydrogen (secondary N) is 2. The van der Waals surface area contributed by atoms with E-state index in [2.05, 4.69) is 25.7 Å². The van der Waals surface area contributed by atoms with Crippen molar-refractivity contribution in [3.63, 3.8) is 0 Å². The van der Waals surface area contributed by atoms with Crippen molar-refractivity contribution < 1.29 is 8.42 Å². The molecule has 1 fully saturated rings. The summed E-state index contributed by atoms with van der Waals surface area (Å²) in [5.74, 6) is 0. The molecule has 1 saturated heterocycles. The average Bonchev–Trinajstić information content (AvgIpc) is 3.24. The molecule has 7 nitrogen and oxygen atoms in total. The van der Waals surface area contributed by atoms with Gasteiger partial charge < -0.3 is 14.8 Å². The number of hydrogen-bond acceptors (Lipinski definition) is 4. The van der Waals surface area contributed by atoms with Crippen LogP contribution in [0.1, 0.15) is 23.5 Å². The predicted molar refractivity (Wildman–Crippen MR) is 118 cm³/mol. The minimum Gasteiger partial charge on any atom is -0.353 e. The zero-order valence-corrected chi connectivity index (χ0v) is 17.6. The molecule has 1 aromatic carbocycles. The van der Waals surface area contributed by atoms with E-state index in [4.69, 9.17) is 12.2 Å². The Morgan fingerprint density at radius 3 is 2.45 bits per heavy atom. The molecule has 0 amide bonds. The fourth-order valence-corrected chi connectivity index (χ4v) is 4.53. The first-order valence-electron chi connectivity index (χ1n) is 9.03. The summed E-state index contributed by atoms with van der Waals surface area (Å²) >= 11 is 5.68. The smallest absolute Gasteiger partial charge is 0.229 e. The molecule has 1 aliphatic rings. The molecule has 3 heterocycles. The molecule has 29 heavy (non-hydrogen) atoms. The molecule has 2 aromatic heterocycles. The predicted octanol–water partition coefficient (Wildman–Crippen LogP) is 2.97. The molecule has 0 aliphatic carbocycles. The van der Waals surface area contributed by atoms with Crippen LogP contribution in [0.5, 0.6) is 0 Å².